The first-order valence-corrected chi connectivity index (χ1v) is 9.78. The molecule has 0 aliphatic heterocycles. The van der Waals surface area contributed by atoms with E-state index in [1.54, 1.807) is 18.2 Å². The maximum atomic E-state index is 11.3. The third-order valence-electron chi connectivity index (χ3n) is 4.40. The van der Waals surface area contributed by atoms with Gasteiger partial charge in [-0.15, -0.1) is 0 Å². The standard InChI is InChI=1S/C12H12O5.C12H14O5/c1-8(13)17-10-5-3-9(4-6-12(14)15)7-11(10)16-2;1-8(13)12(16)6-5-9(3-4-11(14)15)7-10(12)17-2/h3-7H,1-2H3,(H,14,15);3-7,10,16H,1-2H3,(H,14,15)/b;4-3+. The highest BCUT2D eigenvalue weighted by Gasteiger charge is 2.39. The van der Waals surface area contributed by atoms with E-state index >= 15 is 0 Å². The third kappa shape index (κ3) is 8.49. The first-order valence-electron chi connectivity index (χ1n) is 9.78. The number of ketones is 1. The molecule has 1 aromatic rings. The number of aliphatic hydroxyl groups is 1. The van der Waals surface area contributed by atoms with E-state index in [1.807, 2.05) is 0 Å². The van der Waals surface area contributed by atoms with Gasteiger partial charge in [-0.05, 0) is 54.5 Å². The second-order valence-corrected chi connectivity index (χ2v) is 6.88. The van der Waals surface area contributed by atoms with Crippen molar-refractivity contribution in [3.8, 4) is 11.5 Å². The average Bonchev–Trinajstić information content (AvgIpc) is 2.77. The summed E-state index contributed by atoms with van der Waals surface area (Å²) in [4.78, 5) is 42.9. The molecule has 0 saturated heterocycles. The fourth-order valence-corrected chi connectivity index (χ4v) is 2.71. The summed E-state index contributed by atoms with van der Waals surface area (Å²) in [5.41, 5.74) is -0.486. The molecule has 1 aliphatic carbocycles. The van der Waals surface area contributed by atoms with Gasteiger partial charge in [-0.25, -0.2) is 9.59 Å². The van der Waals surface area contributed by atoms with Gasteiger partial charge in [0.2, 0.25) is 0 Å². The Kier molecular flexibility index (Phi) is 10.6. The fourth-order valence-electron chi connectivity index (χ4n) is 2.71. The quantitative estimate of drug-likeness (QED) is 0.290. The third-order valence-corrected chi connectivity index (χ3v) is 4.40. The van der Waals surface area contributed by atoms with Crippen LogP contribution in [-0.4, -0.2) is 64.9 Å². The molecule has 2 unspecified atom stereocenters. The minimum Gasteiger partial charge on any atom is -0.493 e. The molecule has 0 amide bonds. The van der Waals surface area contributed by atoms with Gasteiger partial charge in [-0.3, -0.25) is 9.59 Å². The Bertz CT molecular complexity index is 1050. The van der Waals surface area contributed by atoms with Crippen LogP contribution in [0.1, 0.15) is 19.4 Å². The molecule has 2 atom stereocenters. The predicted octanol–water partition coefficient (Wildman–Crippen LogP) is 2.18. The molecule has 1 aromatic carbocycles. The molecule has 3 N–H and O–H groups in total. The zero-order chi connectivity index (χ0) is 25.9. The van der Waals surface area contributed by atoms with Crippen LogP contribution in [0.15, 0.2) is 60.2 Å². The van der Waals surface area contributed by atoms with Crippen LogP contribution >= 0.6 is 0 Å². The van der Waals surface area contributed by atoms with Gasteiger partial charge in [-0.1, -0.05) is 12.1 Å². The number of esters is 1. The molecule has 0 heterocycles. The van der Waals surface area contributed by atoms with Gasteiger partial charge in [0.05, 0.1) is 7.11 Å². The van der Waals surface area contributed by atoms with E-state index in [2.05, 4.69) is 0 Å². The molecule has 182 valence electrons. The lowest BCUT2D eigenvalue weighted by Crippen LogP contribution is -2.48. The first kappa shape index (κ1) is 28.0. The lowest BCUT2D eigenvalue weighted by atomic mass is 9.86. The van der Waals surface area contributed by atoms with E-state index in [9.17, 15) is 24.3 Å². The van der Waals surface area contributed by atoms with Crippen molar-refractivity contribution in [1.29, 1.82) is 0 Å². The summed E-state index contributed by atoms with van der Waals surface area (Å²) < 4.78 is 15.0. The van der Waals surface area contributed by atoms with Crippen LogP contribution in [0.3, 0.4) is 0 Å². The van der Waals surface area contributed by atoms with Crippen LogP contribution in [-0.2, 0) is 23.9 Å². The van der Waals surface area contributed by atoms with E-state index in [-0.39, 0.29) is 0 Å². The van der Waals surface area contributed by atoms with E-state index in [4.69, 9.17) is 24.4 Å². The van der Waals surface area contributed by atoms with Gasteiger partial charge in [0.15, 0.2) is 22.9 Å². The molecule has 10 heteroatoms. The minimum atomic E-state index is -1.69. The number of rotatable bonds is 8. The van der Waals surface area contributed by atoms with Crippen LogP contribution in [0.2, 0.25) is 0 Å². The maximum absolute atomic E-state index is 11.3. The second kappa shape index (κ2) is 12.9. The largest absolute Gasteiger partial charge is 0.493 e. The maximum Gasteiger partial charge on any atom is 0.328 e. The summed E-state index contributed by atoms with van der Waals surface area (Å²) in [6.45, 7) is 2.56. The topological polar surface area (TPSA) is 157 Å². The number of carboxylic acids is 2. The highest BCUT2D eigenvalue weighted by Crippen LogP contribution is 2.28. The van der Waals surface area contributed by atoms with Crippen LogP contribution < -0.4 is 9.47 Å². The molecule has 0 saturated carbocycles. The Morgan fingerprint density at radius 3 is 2.09 bits per heavy atom. The fraction of sp³-hybridized carbons (Fsp3) is 0.250. The number of carbonyl (C=O) groups excluding carboxylic acids is 2. The number of aliphatic carboxylic acids is 2. The highest BCUT2D eigenvalue weighted by molar-refractivity contribution is 5.89. The molecular weight excluding hydrogens is 448 g/mol. The van der Waals surface area contributed by atoms with Gasteiger partial charge in [0, 0.05) is 26.2 Å². The SMILES string of the molecule is COC1C=C(/C=C/C(=O)O)C=CC1(O)C(C)=O.COc1cc(C=CC(=O)O)ccc1OC(C)=O. The molecule has 1 aliphatic rings. The lowest BCUT2D eigenvalue weighted by molar-refractivity contribution is -0.139. The Hall–Kier alpha value is -4.02. The number of carbonyl (C=O) groups is 4. The highest BCUT2D eigenvalue weighted by atomic mass is 16.6. The second-order valence-electron chi connectivity index (χ2n) is 6.88. The number of hydrogen-bond donors (Lipinski definition) is 3. The van der Waals surface area contributed by atoms with Gasteiger partial charge in [0.25, 0.3) is 0 Å². The van der Waals surface area contributed by atoms with Crippen LogP contribution in [0.4, 0.5) is 0 Å². The zero-order valence-electron chi connectivity index (χ0n) is 19.1. The summed E-state index contributed by atoms with van der Waals surface area (Å²) in [5, 5.41) is 27.0. The monoisotopic (exact) mass is 474 g/mol. The number of ether oxygens (including phenoxy) is 3. The molecular formula is C24H26O10. The van der Waals surface area contributed by atoms with Crippen LogP contribution in [0.5, 0.6) is 11.5 Å². The van der Waals surface area contributed by atoms with E-state index < -0.39 is 35.4 Å². The number of benzene rings is 1. The van der Waals surface area contributed by atoms with E-state index in [1.165, 1.54) is 58.4 Å². The summed E-state index contributed by atoms with van der Waals surface area (Å²) in [6, 6.07) is 4.75. The molecule has 0 spiro atoms. The molecule has 0 bridgehead atoms. The van der Waals surface area contributed by atoms with Gasteiger partial charge in [-0.2, -0.15) is 0 Å². The van der Waals surface area contributed by atoms with Crippen molar-refractivity contribution in [2.75, 3.05) is 14.2 Å². The summed E-state index contributed by atoms with van der Waals surface area (Å²) in [5.74, 6) is -2.32. The van der Waals surface area contributed by atoms with Gasteiger partial charge >= 0.3 is 17.9 Å². The zero-order valence-corrected chi connectivity index (χ0v) is 19.1. The Morgan fingerprint density at radius 2 is 1.59 bits per heavy atom. The smallest absolute Gasteiger partial charge is 0.328 e. The summed E-state index contributed by atoms with van der Waals surface area (Å²) in [6.07, 6.45) is 8.25. The van der Waals surface area contributed by atoms with Gasteiger partial charge < -0.3 is 29.5 Å². The average molecular weight is 474 g/mol. The number of methoxy groups -OCH3 is 2. The molecule has 34 heavy (non-hydrogen) atoms. The Morgan fingerprint density at radius 1 is 0.971 bits per heavy atom. The van der Waals surface area contributed by atoms with Crippen molar-refractivity contribution in [3.63, 3.8) is 0 Å². The number of Topliss-reactive ketones (excluding diaryl/α,β-unsaturated/α-hetero) is 1. The molecule has 0 fully saturated rings. The predicted molar refractivity (Wildman–Crippen MR) is 121 cm³/mol. The molecule has 0 radical (unpaired) electrons. The molecule has 10 nitrogen and oxygen atoms in total. The number of carboxylic acid groups (broad SMARTS) is 2. The van der Waals surface area contributed by atoms with Crippen molar-refractivity contribution in [2.24, 2.45) is 0 Å². The minimum absolute atomic E-state index is 0.299. The molecule has 2 rings (SSSR count). The van der Waals surface area contributed by atoms with Crippen LogP contribution in [0.25, 0.3) is 6.08 Å². The van der Waals surface area contributed by atoms with E-state index in [0.717, 1.165) is 12.2 Å². The van der Waals surface area contributed by atoms with Crippen molar-refractivity contribution in [3.05, 3.63) is 65.8 Å². The number of allylic oxidation sites excluding steroid dienone is 3. The van der Waals surface area contributed by atoms with Crippen molar-refractivity contribution in [2.45, 2.75) is 25.6 Å². The number of hydrogen-bond acceptors (Lipinski definition) is 8. The Balaban J connectivity index is 0.000000340. The van der Waals surface area contributed by atoms with Crippen molar-refractivity contribution >= 4 is 29.8 Å². The Labute approximate surface area is 196 Å². The van der Waals surface area contributed by atoms with Crippen LogP contribution in [0, 0.1) is 0 Å². The summed E-state index contributed by atoms with van der Waals surface area (Å²) in [7, 11) is 2.81. The normalized spacial score (nSPS) is 19.2. The van der Waals surface area contributed by atoms with Gasteiger partial charge in [0.1, 0.15) is 6.10 Å². The first-order chi connectivity index (χ1) is 15.9. The van der Waals surface area contributed by atoms with Crippen molar-refractivity contribution in [1.82, 2.24) is 0 Å². The van der Waals surface area contributed by atoms with Crippen molar-refractivity contribution < 1.29 is 48.7 Å². The molecule has 0 aromatic heterocycles. The van der Waals surface area contributed by atoms with E-state index in [0.29, 0.717) is 22.6 Å². The summed E-state index contributed by atoms with van der Waals surface area (Å²) >= 11 is 0. The lowest BCUT2D eigenvalue weighted by Gasteiger charge is -2.31.